The predicted octanol–water partition coefficient (Wildman–Crippen LogP) is -0.402. The summed E-state index contributed by atoms with van der Waals surface area (Å²) < 4.78 is 13.6. The van der Waals surface area contributed by atoms with Crippen LogP contribution in [0.25, 0.3) is 0 Å². The second kappa shape index (κ2) is 5.25. The van der Waals surface area contributed by atoms with Crippen LogP contribution in [0.4, 0.5) is 10.1 Å². The highest BCUT2D eigenvalue weighted by atomic mass is 19.1. The molecule has 0 bridgehead atoms. The van der Waals surface area contributed by atoms with E-state index in [-0.39, 0.29) is 17.8 Å². The molecule has 4 N–H and O–H groups in total. The van der Waals surface area contributed by atoms with E-state index < -0.39 is 29.6 Å². The number of amides is 3. The molecule has 1 aromatic carbocycles. The number of nitrogens with one attached hydrogen (secondary N) is 2. The molecule has 1 saturated heterocycles. The molecule has 7 nitrogen and oxygen atoms in total. The number of carbonyl (C=O) groups excluding carboxylic acids is 3. The van der Waals surface area contributed by atoms with E-state index in [1.165, 1.54) is 19.1 Å². The van der Waals surface area contributed by atoms with Crippen molar-refractivity contribution in [3.63, 3.8) is 0 Å². The first-order valence-electron chi connectivity index (χ1n) is 5.85. The van der Waals surface area contributed by atoms with Gasteiger partial charge in [0.25, 0.3) is 5.91 Å². The minimum absolute atomic E-state index is 0.0400. The predicted molar refractivity (Wildman–Crippen MR) is 67.9 cm³/mol. The van der Waals surface area contributed by atoms with Crippen LogP contribution >= 0.6 is 0 Å². The second-order valence-corrected chi connectivity index (χ2v) is 4.33. The van der Waals surface area contributed by atoms with Gasteiger partial charge in [-0.2, -0.15) is 0 Å². The number of hydrazine groups is 1. The first-order valence-corrected chi connectivity index (χ1v) is 5.85. The normalized spacial score (nSPS) is 18.8. The molecule has 3 amide bonds. The number of imide groups is 1. The summed E-state index contributed by atoms with van der Waals surface area (Å²) in [7, 11) is 0. The van der Waals surface area contributed by atoms with E-state index in [1.54, 1.807) is 0 Å². The first-order chi connectivity index (χ1) is 9.45. The number of nitrogen functional groups attached to an aromatic ring is 1. The van der Waals surface area contributed by atoms with E-state index in [4.69, 9.17) is 5.84 Å². The van der Waals surface area contributed by atoms with E-state index in [1.807, 2.05) is 0 Å². The molecule has 1 atom stereocenters. The number of piperazine rings is 1. The van der Waals surface area contributed by atoms with Gasteiger partial charge in [0, 0.05) is 0 Å². The summed E-state index contributed by atoms with van der Waals surface area (Å²) in [4.78, 5) is 36.3. The average molecular weight is 280 g/mol. The maximum absolute atomic E-state index is 13.6. The fourth-order valence-electron chi connectivity index (χ4n) is 1.97. The topological polar surface area (TPSA) is 105 Å². The summed E-state index contributed by atoms with van der Waals surface area (Å²) in [5.74, 6) is 2.70. The van der Waals surface area contributed by atoms with E-state index >= 15 is 0 Å². The van der Waals surface area contributed by atoms with Crippen LogP contribution in [0.5, 0.6) is 0 Å². The molecule has 8 heteroatoms. The molecule has 2 rings (SSSR count). The zero-order chi connectivity index (χ0) is 14.9. The number of halogens is 1. The maximum atomic E-state index is 13.6. The molecule has 0 saturated carbocycles. The van der Waals surface area contributed by atoms with Gasteiger partial charge in [-0.05, 0) is 19.1 Å². The van der Waals surface area contributed by atoms with E-state index in [0.717, 1.165) is 11.0 Å². The number of hydrogen-bond donors (Lipinski definition) is 3. The maximum Gasteiger partial charge on any atom is 0.257 e. The third-order valence-corrected chi connectivity index (χ3v) is 3.07. The minimum atomic E-state index is -0.825. The molecule has 1 fully saturated rings. The van der Waals surface area contributed by atoms with Crippen LogP contribution in [0.3, 0.4) is 0 Å². The largest absolute Gasteiger partial charge is 0.321 e. The molecule has 1 heterocycles. The Labute approximate surface area is 113 Å². The molecular formula is C12H13FN4O3. The highest BCUT2D eigenvalue weighted by molar-refractivity contribution is 6.08. The Bertz CT molecular complexity index is 590. The lowest BCUT2D eigenvalue weighted by Crippen LogP contribution is -2.58. The van der Waals surface area contributed by atoms with Gasteiger partial charge in [0.1, 0.15) is 18.4 Å². The van der Waals surface area contributed by atoms with E-state index in [9.17, 15) is 18.8 Å². The molecule has 1 aliphatic heterocycles. The quantitative estimate of drug-likeness (QED) is 0.388. The van der Waals surface area contributed by atoms with Crippen molar-refractivity contribution in [3.05, 3.63) is 29.6 Å². The number of benzene rings is 1. The summed E-state index contributed by atoms with van der Waals surface area (Å²) >= 11 is 0. The molecule has 1 aromatic rings. The van der Waals surface area contributed by atoms with Crippen LogP contribution < -0.4 is 16.6 Å². The zero-order valence-corrected chi connectivity index (χ0v) is 10.6. The van der Waals surface area contributed by atoms with Crippen molar-refractivity contribution < 1.29 is 18.8 Å². The fourth-order valence-corrected chi connectivity index (χ4v) is 1.97. The van der Waals surface area contributed by atoms with Gasteiger partial charge in [0.2, 0.25) is 11.8 Å². The third-order valence-electron chi connectivity index (χ3n) is 3.07. The molecule has 106 valence electrons. The number of anilines is 1. The molecule has 1 aliphatic rings. The van der Waals surface area contributed by atoms with Crippen molar-refractivity contribution in [2.24, 2.45) is 5.84 Å². The van der Waals surface area contributed by atoms with Crippen molar-refractivity contribution in [2.75, 3.05) is 12.0 Å². The molecule has 0 spiro atoms. The van der Waals surface area contributed by atoms with Crippen LogP contribution in [0, 0.1) is 5.82 Å². The van der Waals surface area contributed by atoms with Crippen LogP contribution in [-0.4, -0.2) is 35.2 Å². The smallest absolute Gasteiger partial charge is 0.257 e. The van der Waals surface area contributed by atoms with Crippen molar-refractivity contribution in [2.45, 2.75) is 13.0 Å². The Kier molecular flexibility index (Phi) is 3.66. The van der Waals surface area contributed by atoms with Gasteiger partial charge < -0.3 is 10.3 Å². The number of hydrogen-bond acceptors (Lipinski definition) is 5. The summed E-state index contributed by atoms with van der Waals surface area (Å²) in [6.07, 6.45) is 0. The number of rotatable bonds is 2. The van der Waals surface area contributed by atoms with Crippen molar-refractivity contribution in [1.82, 2.24) is 10.2 Å². The average Bonchev–Trinajstić information content (AvgIpc) is 2.41. The van der Waals surface area contributed by atoms with Crippen LogP contribution in [-0.2, 0) is 9.59 Å². The molecule has 0 aromatic heterocycles. The molecule has 0 aliphatic carbocycles. The van der Waals surface area contributed by atoms with Gasteiger partial charge in [0.05, 0.1) is 11.3 Å². The van der Waals surface area contributed by atoms with Gasteiger partial charge in [-0.1, -0.05) is 6.07 Å². The summed E-state index contributed by atoms with van der Waals surface area (Å²) in [6, 6.07) is 3.03. The SMILES string of the molecule is CC1C(=O)NC(=O)CN1C(=O)c1cccc(F)c1NN. The van der Waals surface area contributed by atoms with Crippen molar-refractivity contribution >= 4 is 23.4 Å². The van der Waals surface area contributed by atoms with Gasteiger partial charge in [-0.3, -0.25) is 25.5 Å². The lowest BCUT2D eigenvalue weighted by Gasteiger charge is -2.32. The van der Waals surface area contributed by atoms with Crippen molar-refractivity contribution in [1.29, 1.82) is 0 Å². The van der Waals surface area contributed by atoms with Gasteiger partial charge in [0.15, 0.2) is 0 Å². The Balaban J connectivity index is 2.38. The highest BCUT2D eigenvalue weighted by Crippen LogP contribution is 2.22. The molecule has 0 radical (unpaired) electrons. The molecule has 1 unspecified atom stereocenters. The summed E-state index contributed by atoms with van der Waals surface area (Å²) in [6.45, 7) is 1.21. The summed E-state index contributed by atoms with van der Waals surface area (Å²) in [5, 5.41) is 2.12. The van der Waals surface area contributed by atoms with Gasteiger partial charge in [-0.25, -0.2) is 4.39 Å². The Morgan fingerprint density at radius 3 is 2.85 bits per heavy atom. The van der Waals surface area contributed by atoms with Crippen LogP contribution in [0.1, 0.15) is 17.3 Å². The zero-order valence-electron chi connectivity index (χ0n) is 10.6. The number of carbonyl (C=O) groups is 3. The summed E-state index contributed by atoms with van der Waals surface area (Å²) in [5.41, 5.74) is 1.90. The second-order valence-electron chi connectivity index (χ2n) is 4.33. The number of nitrogens with two attached hydrogens (primary N) is 1. The standard InChI is InChI=1S/C12H13FN4O3/c1-6-11(19)15-9(18)5-17(6)12(20)7-3-2-4-8(13)10(7)16-14/h2-4,6,16H,5,14H2,1H3,(H,15,18,19). The number of para-hydroxylation sites is 1. The Morgan fingerprint density at radius 1 is 1.50 bits per heavy atom. The van der Waals surface area contributed by atoms with Gasteiger partial charge >= 0.3 is 0 Å². The number of nitrogens with zero attached hydrogens (tertiary/aromatic N) is 1. The van der Waals surface area contributed by atoms with Crippen molar-refractivity contribution in [3.8, 4) is 0 Å². The van der Waals surface area contributed by atoms with E-state index in [2.05, 4.69) is 10.7 Å². The lowest BCUT2D eigenvalue weighted by atomic mass is 10.1. The molecule has 20 heavy (non-hydrogen) atoms. The van der Waals surface area contributed by atoms with E-state index in [0.29, 0.717) is 0 Å². The Hall–Kier alpha value is -2.48. The monoisotopic (exact) mass is 280 g/mol. The molecular weight excluding hydrogens is 267 g/mol. The lowest BCUT2D eigenvalue weighted by molar-refractivity contribution is -0.138. The first kappa shape index (κ1) is 13.9. The highest BCUT2D eigenvalue weighted by Gasteiger charge is 2.35. The van der Waals surface area contributed by atoms with Crippen LogP contribution in [0.2, 0.25) is 0 Å². The minimum Gasteiger partial charge on any atom is -0.321 e. The van der Waals surface area contributed by atoms with Gasteiger partial charge in [-0.15, -0.1) is 0 Å². The Morgan fingerprint density at radius 2 is 2.20 bits per heavy atom. The third kappa shape index (κ3) is 2.32. The fraction of sp³-hybridized carbons (Fsp3) is 0.250. The van der Waals surface area contributed by atoms with Crippen LogP contribution in [0.15, 0.2) is 18.2 Å².